The van der Waals surface area contributed by atoms with Gasteiger partial charge in [-0.15, -0.1) is 0 Å². The van der Waals surface area contributed by atoms with Crippen molar-refractivity contribution in [2.24, 2.45) is 5.73 Å². The Bertz CT molecular complexity index is 381. The summed E-state index contributed by atoms with van der Waals surface area (Å²) in [6.45, 7) is 0. The molecule has 0 aliphatic rings. The van der Waals surface area contributed by atoms with Crippen LogP contribution in [-0.4, -0.2) is 20.2 Å². The third kappa shape index (κ3) is 2.87. The molecule has 0 saturated carbocycles. The van der Waals surface area contributed by atoms with Gasteiger partial charge in [-0.25, -0.2) is 0 Å². The summed E-state index contributed by atoms with van der Waals surface area (Å²) in [5.74, 6) is 0.134. The summed E-state index contributed by atoms with van der Waals surface area (Å²) >= 11 is 5.95. The lowest BCUT2D eigenvalue weighted by Crippen LogP contribution is -2.17. The molecule has 0 bridgehead atoms. The maximum Gasteiger partial charge on any atom is 0.307 e. The molecule has 1 aromatic carbocycles. The van der Waals surface area contributed by atoms with Crippen LogP contribution in [0.1, 0.15) is 18.0 Å². The minimum absolute atomic E-state index is 0.0905. The van der Waals surface area contributed by atoms with E-state index in [1.54, 1.807) is 18.2 Å². The zero-order valence-corrected chi connectivity index (χ0v) is 9.95. The van der Waals surface area contributed by atoms with Gasteiger partial charge >= 0.3 is 5.97 Å². The van der Waals surface area contributed by atoms with E-state index in [1.807, 2.05) is 0 Å². The molecule has 0 aliphatic heterocycles. The highest BCUT2D eigenvalue weighted by molar-refractivity contribution is 6.32. The van der Waals surface area contributed by atoms with Crippen LogP contribution in [0, 0.1) is 0 Å². The number of hydrogen-bond donors (Lipinski definition) is 1. The Balaban J connectivity index is 2.94. The normalized spacial score (nSPS) is 12.0. The quantitative estimate of drug-likeness (QED) is 0.821. The van der Waals surface area contributed by atoms with Crippen LogP contribution in [0.25, 0.3) is 0 Å². The number of benzene rings is 1. The summed E-state index contributed by atoms with van der Waals surface area (Å²) in [6.07, 6.45) is 0.0905. The number of carbonyl (C=O) groups is 1. The van der Waals surface area contributed by atoms with Gasteiger partial charge in [-0.05, 0) is 6.07 Å². The number of esters is 1. The number of hydrogen-bond acceptors (Lipinski definition) is 4. The Hall–Kier alpha value is -1.26. The molecule has 5 heteroatoms. The fraction of sp³-hybridized carbons (Fsp3) is 0.364. The Morgan fingerprint density at radius 1 is 1.50 bits per heavy atom. The molecule has 0 spiro atoms. The van der Waals surface area contributed by atoms with Crippen molar-refractivity contribution in [3.63, 3.8) is 0 Å². The number of ether oxygens (including phenoxy) is 2. The van der Waals surface area contributed by atoms with Gasteiger partial charge in [-0.1, -0.05) is 23.7 Å². The van der Waals surface area contributed by atoms with Gasteiger partial charge in [0.05, 0.1) is 25.7 Å². The minimum Gasteiger partial charge on any atom is -0.495 e. The lowest BCUT2D eigenvalue weighted by atomic mass is 10.0. The molecule has 16 heavy (non-hydrogen) atoms. The molecule has 0 unspecified atom stereocenters. The third-order valence-electron chi connectivity index (χ3n) is 2.22. The topological polar surface area (TPSA) is 61.5 Å². The van der Waals surface area contributed by atoms with E-state index in [2.05, 4.69) is 4.74 Å². The molecule has 0 fully saturated rings. The number of rotatable bonds is 4. The predicted molar refractivity (Wildman–Crippen MR) is 61.6 cm³/mol. The molecule has 0 radical (unpaired) electrons. The Morgan fingerprint density at radius 3 is 2.75 bits per heavy atom. The van der Waals surface area contributed by atoms with Crippen molar-refractivity contribution < 1.29 is 14.3 Å². The lowest BCUT2D eigenvalue weighted by Gasteiger charge is -2.15. The van der Waals surface area contributed by atoms with Crippen LogP contribution in [0.2, 0.25) is 5.02 Å². The largest absolute Gasteiger partial charge is 0.495 e. The highest BCUT2D eigenvalue weighted by atomic mass is 35.5. The summed E-state index contributed by atoms with van der Waals surface area (Å²) in [4.78, 5) is 11.1. The van der Waals surface area contributed by atoms with E-state index in [-0.39, 0.29) is 12.4 Å². The first-order valence-electron chi connectivity index (χ1n) is 4.75. The van der Waals surface area contributed by atoms with Gasteiger partial charge in [0, 0.05) is 11.6 Å². The van der Waals surface area contributed by atoms with Crippen molar-refractivity contribution in [3.8, 4) is 5.75 Å². The highest BCUT2D eigenvalue weighted by Gasteiger charge is 2.17. The van der Waals surface area contributed by atoms with E-state index >= 15 is 0 Å². The number of methoxy groups -OCH3 is 2. The molecule has 0 aromatic heterocycles. The molecule has 0 amide bonds. The second-order valence-electron chi connectivity index (χ2n) is 3.25. The molecule has 1 aromatic rings. The molecule has 0 heterocycles. The van der Waals surface area contributed by atoms with Crippen molar-refractivity contribution in [1.82, 2.24) is 0 Å². The summed E-state index contributed by atoms with van der Waals surface area (Å²) < 4.78 is 9.70. The summed E-state index contributed by atoms with van der Waals surface area (Å²) in [5.41, 5.74) is 6.57. The molecule has 0 saturated heterocycles. The zero-order valence-electron chi connectivity index (χ0n) is 9.20. The number of nitrogens with two attached hydrogens (primary N) is 1. The fourth-order valence-corrected chi connectivity index (χ4v) is 1.66. The summed E-state index contributed by atoms with van der Waals surface area (Å²) in [7, 11) is 2.83. The van der Waals surface area contributed by atoms with Crippen molar-refractivity contribution in [2.75, 3.05) is 14.2 Å². The van der Waals surface area contributed by atoms with E-state index in [4.69, 9.17) is 22.1 Å². The van der Waals surface area contributed by atoms with Crippen LogP contribution in [0.3, 0.4) is 0 Å². The van der Waals surface area contributed by atoms with E-state index < -0.39 is 6.04 Å². The van der Waals surface area contributed by atoms with Crippen LogP contribution in [0.5, 0.6) is 5.75 Å². The maximum atomic E-state index is 11.1. The fourth-order valence-electron chi connectivity index (χ4n) is 1.41. The van der Waals surface area contributed by atoms with Gasteiger partial charge < -0.3 is 15.2 Å². The molecule has 1 rings (SSSR count). The average Bonchev–Trinajstić information content (AvgIpc) is 2.28. The average molecular weight is 244 g/mol. The van der Waals surface area contributed by atoms with E-state index in [0.717, 1.165) is 0 Å². The molecule has 1 atom stereocenters. The van der Waals surface area contributed by atoms with Crippen LogP contribution in [0.15, 0.2) is 18.2 Å². The standard InChI is InChI=1S/C11H14ClNO3/c1-15-10(14)6-9(13)7-4-3-5-8(12)11(7)16-2/h3-5,9H,6,13H2,1-2H3/t9-/m1/s1. The van der Waals surface area contributed by atoms with Crippen molar-refractivity contribution in [1.29, 1.82) is 0 Å². The predicted octanol–water partition coefficient (Wildman–Crippen LogP) is 1.91. The lowest BCUT2D eigenvalue weighted by molar-refractivity contribution is -0.141. The minimum atomic E-state index is -0.485. The van der Waals surface area contributed by atoms with Gasteiger partial charge in [0.1, 0.15) is 5.75 Å². The second kappa shape index (κ2) is 5.72. The number of para-hydroxylation sites is 1. The Kier molecular flexibility index (Phi) is 4.58. The maximum absolute atomic E-state index is 11.1. The van der Waals surface area contributed by atoms with Crippen molar-refractivity contribution in [2.45, 2.75) is 12.5 Å². The smallest absolute Gasteiger partial charge is 0.307 e. The second-order valence-corrected chi connectivity index (χ2v) is 3.66. The van der Waals surface area contributed by atoms with Gasteiger partial charge in [-0.3, -0.25) is 4.79 Å². The third-order valence-corrected chi connectivity index (χ3v) is 2.51. The first kappa shape index (κ1) is 12.8. The first-order valence-corrected chi connectivity index (χ1v) is 5.12. The highest BCUT2D eigenvalue weighted by Crippen LogP contribution is 2.32. The molecular formula is C11H14ClNO3. The van der Waals surface area contributed by atoms with Crippen molar-refractivity contribution in [3.05, 3.63) is 28.8 Å². The van der Waals surface area contributed by atoms with Gasteiger partial charge in [0.15, 0.2) is 0 Å². The number of halogens is 1. The van der Waals surface area contributed by atoms with Gasteiger partial charge in [-0.2, -0.15) is 0 Å². The SMILES string of the molecule is COC(=O)C[C@@H](N)c1cccc(Cl)c1OC. The zero-order chi connectivity index (χ0) is 12.1. The van der Waals surface area contributed by atoms with E-state index in [1.165, 1.54) is 14.2 Å². The molecule has 4 nitrogen and oxygen atoms in total. The summed E-state index contributed by atoms with van der Waals surface area (Å²) in [5, 5.41) is 0.473. The van der Waals surface area contributed by atoms with Crippen LogP contribution < -0.4 is 10.5 Å². The van der Waals surface area contributed by atoms with Crippen molar-refractivity contribution >= 4 is 17.6 Å². The summed E-state index contributed by atoms with van der Waals surface area (Å²) in [6, 6.07) is 4.76. The first-order chi connectivity index (χ1) is 7.60. The molecule has 88 valence electrons. The Morgan fingerprint density at radius 2 is 2.19 bits per heavy atom. The van der Waals surface area contributed by atoms with Gasteiger partial charge in [0.25, 0.3) is 0 Å². The van der Waals surface area contributed by atoms with E-state index in [0.29, 0.717) is 16.3 Å². The molecule has 0 aliphatic carbocycles. The Labute approximate surface area is 99.3 Å². The van der Waals surface area contributed by atoms with Crippen LogP contribution in [-0.2, 0) is 9.53 Å². The van der Waals surface area contributed by atoms with Crippen LogP contribution in [0.4, 0.5) is 0 Å². The number of carbonyl (C=O) groups excluding carboxylic acids is 1. The molecular weight excluding hydrogens is 230 g/mol. The van der Waals surface area contributed by atoms with Crippen LogP contribution >= 0.6 is 11.6 Å². The van der Waals surface area contributed by atoms with Gasteiger partial charge in [0.2, 0.25) is 0 Å². The van der Waals surface area contributed by atoms with E-state index in [9.17, 15) is 4.79 Å². The monoisotopic (exact) mass is 243 g/mol. The molecule has 2 N–H and O–H groups in total.